The van der Waals surface area contributed by atoms with Crippen molar-refractivity contribution in [1.29, 1.82) is 0 Å². The molecule has 0 aromatic carbocycles. The first-order valence-corrected chi connectivity index (χ1v) is 5.04. The molecule has 0 unspecified atom stereocenters. The van der Waals surface area contributed by atoms with E-state index >= 15 is 0 Å². The molecular weight excluding hydrogens is 180 g/mol. The van der Waals surface area contributed by atoms with E-state index in [1.807, 2.05) is 20.8 Å². The molecule has 0 aliphatic rings. The summed E-state index contributed by atoms with van der Waals surface area (Å²) in [7, 11) is 0. The van der Waals surface area contributed by atoms with Gasteiger partial charge in [0.15, 0.2) is 0 Å². The van der Waals surface area contributed by atoms with Gasteiger partial charge in [-0.3, -0.25) is 14.6 Å². The monoisotopic (exact) mass is 198 g/mol. The number of nitrogens with one attached hydrogen (secondary N) is 1. The summed E-state index contributed by atoms with van der Waals surface area (Å²) >= 11 is 0. The van der Waals surface area contributed by atoms with E-state index in [9.17, 15) is 4.79 Å². The summed E-state index contributed by atoms with van der Waals surface area (Å²) in [6.07, 6.45) is 1.24. The maximum atomic E-state index is 11.8. The Bertz CT molecular complexity index is 349. The summed E-state index contributed by atoms with van der Waals surface area (Å²) in [4.78, 5) is 11.8. The van der Waals surface area contributed by atoms with Gasteiger partial charge in [-0.25, -0.2) is 0 Å². The van der Waals surface area contributed by atoms with Crippen LogP contribution in [0.5, 0.6) is 0 Å². The molecule has 4 heteroatoms. The molecule has 0 amide bonds. The molecule has 1 rings (SSSR count). The molecule has 0 atom stereocenters. The first-order valence-electron chi connectivity index (χ1n) is 5.04. The summed E-state index contributed by atoms with van der Waals surface area (Å²) < 4.78 is 1.61. The van der Waals surface area contributed by atoms with Crippen LogP contribution in [0.1, 0.15) is 38.1 Å². The van der Waals surface area contributed by atoms with Crippen LogP contribution < -0.4 is 5.56 Å². The average Bonchev–Trinajstić information content (AvgIpc) is 2.45. The van der Waals surface area contributed by atoms with Crippen LogP contribution in [-0.2, 0) is 12.8 Å². The Morgan fingerprint density at radius 3 is 2.57 bits per heavy atom. The fraction of sp³-hybridized carbons (Fsp3) is 0.700. The van der Waals surface area contributed by atoms with Crippen LogP contribution in [-0.4, -0.2) is 21.5 Å². The molecule has 0 fully saturated rings. The quantitative estimate of drug-likeness (QED) is 0.753. The highest BCUT2D eigenvalue weighted by molar-refractivity contribution is 5.17. The van der Waals surface area contributed by atoms with Gasteiger partial charge >= 0.3 is 0 Å². The van der Waals surface area contributed by atoms with Gasteiger partial charge in [-0.2, -0.15) is 0 Å². The highest BCUT2D eigenvalue weighted by Crippen LogP contribution is 2.06. The van der Waals surface area contributed by atoms with Crippen molar-refractivity contribution in [1.82, 2.24) is 9.78 Å². The number of aryl methyl sites for hydroxylation is 1. The Morgan fingerprint density at radius 2 is 2.14 bits per heavy atom. The highest BCUT2D eigenvalue weighted by Gasteiger charge is 2.13. The zero-order valence-corrected chi connectivity index (χ0v) is 9.00. The highest BCUT2D eigenvalue weighted by atomic mass is 16.3. The molecule has 1 aromatic rings. The Kier molecular flexibility index (Phi) is 3.52. The van der Waals surface area contributed by atoms with Gasteiger partial charge in [0.25, 0.3) is 5.56 Å². The lowest BCUT2D eigenvalue weighted by Gasteiger charge is -2.03. The smallest absolute Gasteiger partial charge is 0.270 e. The number of H-pyrrole nitrogens is 1. The van der Waals surface area contributed by atoms with Gasteiger partial charge in [0.05, 0.1) is 0 Å². The lowest BCUT2D eigenvalue weighted by atomic mass is 10.1. The number of rotatable bonds is 4. The van der Waals surface area contributed by atoms with Gasteiger partial charge in [0.1, 0.15) is 0 Å². The minimum absolute atomic E-state index is 0.00546. The second-order valence-electron chi connectivity index (χ2n) is 3.66. The molecule has 0 saturated carbocycles. The fourth-order valence-corrected chi connectivity index (χ4v) is 1.56. The van der Waals surface area contributed by atoms with E-state index in [4.69, 9.17) is 5.11 Å². The number of hydrogen-bond donors (Lipinski definition) is 2. The zero-order valence-electron chi connectivity index (χ0n) is 9.00. The minimum Gasteiger partial charge on any atom is -0.396 e. The molecule has 14 heavy (non-hydrogen) atoms. The van der Waals surface area contributed by atoms with Crippen LogP contribution in [0.2, 0.25) is 0 Å². The lowest BCUT2D eigenvalue weighted by Crippen LogP contribution is -2.21. The fourth-order valence-electron chi connectivity index (χ4n) is 1.56. The molecule has 0 radical (unpaired) electrons. The molecule has 1 heterocycles. The van der Waals surface area contributed by atoms with Gasteiger partial charge in [0.2, 0.25) is 0 Å². The Hall–Kier alpha value is -1.03. The lowest BCUT2D eigenvalue weighted by molar-refractivity contribution is 0.299. The molecule has 1 aromatic heterocycles. The third kappa shape index (κ3) is 1.90. The maximum Gasteiger partial charge on any atom is 0.270 e. The second kappa shape index (κ2) is 4.46. The average molecular weight is 198 g/mol. The summed E-state index contributed by atoms with van der Waals surface area (Å²) in [6.45, 7) is 5.94. The first kappa shape index (κ1) is 11.0. The number of aromatic amines is 1. The van der Waals surface area contributed by atoms with Gasteiger partial charge in [-0.05, 0) is 20.3 Å². The van der Waals surface area contributed by atoms with E-state index in [0.29, 0.717) is 6.42 Å². The van der Waals surface area contributed by atoms with E-state index in [0.717, 1.165) is 17.7 Å². The minimum atomic E-state index is 0.00546. The van der Waals surface area contributed by atoms with Crippen molar-refractivity contribution in [3.05, 3.63) is 21.6 Å². The first-order chi connectivity index (χ1) is 6.61. The Labute approximate surface area is 83.5 Å². The van der Waals surface area contributed by atoms with Crippen molar-refractivity contribution in [2.45, 2.75) is 39.7 Å². The predicted octanol–water partition coefficient (Wildman–Crippen LogP) is 0.854. The van der Waals surface area contributed by atoms with E-state index < -0.39 is 0 Å². The van der Waals surface area contributed by atoms with Crippen molar-refractivity contribution in [2.75, 3.05) is 6.61 Å². The van der Waals surface area contributed by atoms with Crippen molar-refractivity contribution in [2.24, 2.45) is 0 Å². The van der Waals surface area contributed by atoms with E-state index in [1.54, 1.807) is 4.68 Å². The van der Waals surface area contributed by atoms with Crippen molar-refractivity contribution in [3.8, 4) is 0 Å². The van der Waals surface area contributed by atoms with Gasteiger partial charge < -0.3 is 5.11 Å². The molecule has 2 N–H and O–H groups in total. The van der Waals surface area contributed by atoms with Crippen LogP contribution in [0.4, 0.5) is 0 Å². The predicted molar refractivity (Wildman–Crippen MR) is 55.6 cm³/mol. The van der Waals surface area contributed by atoms with E-state index in [1.165, 1.54) is 0 Å². The van der Waals surface area contributed by atoms with Crippen LogP contribution in [0.25, 0.3) is 0 Å². The van der Waals surface area contributed by atoms with Crippen molar-refractivity contribution < 1.29 is 5.11 Å². The second-order valence-corrected chi connectivity index (χ2v) is 3.66. The Balaban J connectivity index is 3.19. The molecule has 0 saturated heterocycles. The molecule has 80 valence electrons. The Morgan fingerprint density at radius 1 is 1.50 bits per heavy atom. The normalized spacial score (nSPS) is 11.2. The number of aromatic nitrogens is 2. The summed E-state index contributed by atoms with van der Waals surface area (Å²) in [5.41, 5.74) is 1.67. The standard InChI is InChI=1S/C10H18N2O2/c1-4-9-8(5-6-13)10(14)12(11-9)7(2)3/h7,11,13H,4-6H2,1-3H3. The zero-order chi connectivity index (χ0) is 10.7. The third-order valence-electron chi connectivity index (χ3n) is 2.33. The topological polar surface area (TPSA) is 58.0 Å². The number of aliphatic hydroxyl groups excluding tert-OH is 1. The largest absolute Gasteiger partial charge is 0.396 e. The van der Waals surface area contributed by atoms with Gasteiger partial charge in [-0.1, -0.05) is 6.92 Å². The van der Waals surface area contributed by atoms with E-state index in [-0.39, 0.29) is 18.2 Å². The molecule has 0 aliphatic carbocycles. The van der Waals surface area contributed by atoms with E-state index in [2.05, 4.69) is 5.10 Å². The number of hydrogen-bond acceptors (Lipinski definition) is 2. The van der Waals surface area contributed by atoms with Crippen molar-refractivity contribution in [3.63, 3.8) is 0 Å². The third-order valence-corrected chi connectivity index (χ3v) is 2.33. The van der Waals surface area contributed by atoms with Gasteiger partial charge in [0, 0.05) is 30.3 Å². The number of nitrogens with zero attached hydrogens (tertiary/aromatic N) is 1. The maximum absolute atomic E-state index is 11.8. The summed E-state index contributed by atoms with van der Waals surface area (Å²) in [6, 6.07) is 0.139. The van der Waals surface area contributed by atoms with Crippen LogP contribution in [0.15, 0.2) is 4.79 Å². The summed E-state index contributed by atoms with van der Waals surface area (Å²) in [5, 5.41) is 11.9. The molecular formula is C10H18N2O2. The molecule has 0 aliphatic heterocycles. The van der Waals surface area contributed by atoms with Crippen LogP contribution in [0.3, 0.4) is 0 Å². The summed E-state index contributed by atoms with van der Waals surface area (Å²) in [5.74, 6) is 0. The molecule has 0 bridgehead atoms. The molecule has 0 spiro atoms. The van der Waals surface area contributed by atoms with Crippen LogP contribution >= 0.6 is 0 Å². The molecule has 4 nitrogen and oxygen atoms in total. The van der Waals surface area contributed by atoms with Crippen LogP contribution in [0, 0.1) is 0 Å². The SMILES string of the molecule is CCc1[nH]n(C(C)C)c(=O)c1CCO. The van der Waals surface area contributed by atoms with Crippen molar-refractivity contribution >= 4 is 0 Å². The van der Waals surface area contributed by atoms with Gasteiger partial charge in [-0.15, -0.1) is 0 Å². The number of aliphatic hydroxyl groups is 1.